The highest BCUT2D eigenvalue weighted by Gasteiger charge is 2.50. The molecule has 1 fully saturated rings. The Balaban J connectivity index is 1.60. The standard InChI is InChI=1S/C16H24IN3O2/c1-9(2)20-15-7-5-12-11(4-6-14(15)18-19-20)13(12)8-22-16(21)10(3)17/h9-13H,4-8H2,1-3H3. The van der Waals surface area contributed by atoms with Gasteiger partial charge < -0.3 is 4.74 Å². The molecular formula is C16H24IN3O2. The van der Waals surface area contributed by atoms with Gasteiger partial charge in [-0.05, 0) is 64.2 Å². The molecule has 1 aromatic heterocycles. The predicted molar refractivity (Wildman–Crippen MR) is 92.0 cm³/mol. The van der Waals surface area contributed by atoms with Crippen molar-refractivity contribution in [1.82, 2.24) is 15.0 Å². The summed E-state index contributed by atoms with van der Waals surface area (Å²) in [6.07, 6.45) is 4.38. The first-order valence-electron chi connectivity index (χ1n) is 8.22. The highest BCUT2D eigenvalue weighted by molar-refractivity contribution is 14.1. The zero-order chi connectivity index (χ0) is 15.9. The maximum atomic E-state index is 11.6. The summed E-state index contributed by atoms with van der Waals surface area (Å²) in [6.45, 7) is 6.78. The van der Waals surface area contributed by atoms with Gasteiger partial charge in [-0.1, -0.05) is 27.8 Å². The molecule has 1 aromatic rings. The minimum absolute atomic E-state index is 0.0607. The Morgan fingerprint density at radius 3 is 2.64 bits per heavy atom. The summed E-state index contributed by atoms with van der Waals surface area (Å²) in [6, 6.07) is 0.368. The van der Waals surface area contributed by atoms with E-state index >= 15 is 0 Å². The van der Waals surface area contributed by atoms with E-state index in [1.807, 2.05) is 6.92 Å². The molecule has 0 bridgehead atoms. The number of hydrogen-bond donors (Lipinski definition) is 0. The van der Waals surface area contributed by atoms with Crippen LogP contribution in [0.3, 0.4) is 0 Å². The monoisotopic (exact) mass is 417 g/mol. The van der Waals surface area contributed by atoms with Gasteiger partial charge in [0.25, 0.3) is 0 Å². The average Bonchev–Trinajstić information content (AvgIpc) is 2.93. The van der Waals surface area contributed by atoms with E-state index in [0.717, 1.165) is 19.3 Å². The highest BCUT2D eigenvalue weighted by atomic mass is 127. The Hall–Kier alpha value is -0.660. The number of aryl methyl sites for hydroxylation is 1. The van der Waals surface area contributed by atoms with Crippen molar-refractivity contribution in [1.29, 1.82) is 0 Å². The first kappa shape index (κ1) is 16.2. The van der Waals surface area contributed by atoms with E-state index in [1.54, 1.807) is 0 Å². The fourth-order valence-corrected chi connectivity index (χ4v) is 3.92. The van der Waals surface area contributed by atoms with E-state index in [4.69, 9.17) is 4.74 Å². The van der Waals surface area contributed by atoms with Crippen molar-refractivity contribution in [3.63, 3.8) is 0 Å². The van der Waals surface area contributed by atoms with Crippen LogP contribution in [0.2, 0.25) is 0 Å². The number of carbonyl (C=O) groups is 1. The quantitative estimate of drug-likeness (QED) is 0.430. The molecule has 0 aliphatic heterocycles. The lowest BCUT2D eigenvalue weighted by Gasteiger charge is -2.12. The molecule has 2 aliphatic rings. The number of carbonyl (C=O) groups excluding carboxylic acids is 1. The number of alkyl halides is 1. The molecule has 22 heavy (non-hydrogen) atoms. The van der Waals surface area contributed by atoms with Gasteiger partial charge in [-0.3, -0.25) is 4.79 Å². The second kappa shape index (κ2) is 6.45. The molecule has 3 rings (SSSR count). The lowest BCUT2D eigenvalue weighted by atomic mass is 10.0. The van der Waals surface area contributed by atoms with Crippen LogP contribution in [0.15, 0.2) is 0 Å². The van der Waals surface area contributed by atoms with Gasteiger partial charge in [-0.2, -0.15) is 0 Å². The van der Waals surface area contributed by atoms with Crippen LogP contribution in [0.5, 0.6) is 0 Å². The molecular weight excluding hydrogens is 393 g/mol. The molecule has 6 heteroatoms. The third-order valence-electron chi connectivity index (χ3n) is 5.04. The summed E-state index contributed by atoms with van der Waals surface area (Å²) >= 11 is 2.11. The number of halogens is 1. The number of hydrogen-bond acceptors (Lipinski definition) is 4. The topological polar surface area (TPSA) is 57.0 Å². The van der Waals surface area contributed by atoms with Crippen molar-refractivity contribution in [3.05, 3.63) is 11.4 Å². The largest absolute Gasteiger partial charge is 0.465 e. The van der Waals surface area contributed by atoms with Crippen LogP contribution >= 0.6 is 22.6 Å². The third-order valence-corrected chi connectivity index (χ3v) is 5.55. The molecule has 0 amide bonds. The van der Waals surface area contributed by atoms with Gasteiger partial charge in [-0.15, -0.1) is 5.10 Å². The predicted octanol–water partition coefficient (Wildman–Crippen LogP) is 2.97. The summed E-state index contributed by atoms with van der Waals surface area (Å²) in [5.41, 5.74) is 2.49. The number of nitrogens with zero attached hydrogens (tertiary/aromatic N) is 3. The molecule has 0 spiro atoms. The van der Waals surface area contributed by atoms with Gasteiger partial charge in [0.1, 0.15) is 3.92 Å². The number of rotatable bonds is 4. The van der Waals surface area contributed by atoms with Crippen LogP contribution in [-0.4, -0.2) is 31.5 Å². The van der Waals surface area contributed by atoms with Crippen LogP contribution in [0, 0.1) is 17.8 Å². The van der Waals surface area contributed by atoms with Crippen molar-refractivity contribution in [2.24, 2.45) is 17.8 Å². The maximum absolute atomic E-state index is 11.6. The average molecular weight is 417 g/mol. The fourth-order valence-electron chi connectivity index (χ4n) is 3.74. The Kier molecular flexibility index (Phi) is 4.75. The van der Waals surface area contributed by atoms with E-state index in [1.165, 1.54) is 17.8 Å². The minimum atomic E-state index is -0.0831. The molecule has 122 valence electrons. The van der Waals surface area contributed by atoms with Gasteiger partial charge in [-0.25, -0.2) is 4.68 Å². The van der Waals surface area contributed by atoms with Crippen molar-refractivity contribution in [3.8, 4) is 0 Å². The second-order valence-electron chi connectivity index (χ2n) is 6.84. The molecule has 0 saturated heterocycles. The van der Waals surface area contributed by atoms with Crippen molar-refractivity contribution in [2.75, 3.05) is 6.61 Å². The highest BCUT2D eigenvalue weighted by Crippen LogP contribution is 2.53. The van der Waals surface area contributed by atoms with Crippen LogP contribution in [0.4, 0.5) is 0 Å². The zero-order valence-corrected chi connectivity index (χ0v) is 15.6. The summed E-state index contributed by atoms with van der Waals surface area (Å²) < 4.78 is 7.46. The molecule has 1 heterocycles. The maximum Gasteiger partial charge on any atom is 0.318 e. The lowest BCUT2D eigenvalue weighted by Crippen LogP contribution is -2.16. The smallest absolute Gasteiger partial charge is 0.318 e. The van der Waals surface area contributed by atoms with Crippen LogP contribution in [0.1, 0.15) is 51.0 Å². The Morgan fingerprint density at radius 1 is 1.32 bits per heavy atom. The third kappa shape index (κ3) is 3.16. The summed E-state index contributed by atoms with van der Waals surface area (Å²) in [4.78, 5) is 11.6. The van der Waals surface area contributed by atoms with E-state index in [2.05, 4.69) is 51.4 Å². The Bertz CT molecular complexity index is 556. The van der Waals surface area contributed by atoms with E-state index in [9.17, 15) is 4.79 Å². The first-order valence-corrected chi connectivity index (χ1v) is 9.47. The summed E-state index contributed by atoms with van der Waals surface area (Å²) in [5, 5.41) is 8.70. The molecule has 0 aromatic carbocycles. The summed E-state index contributed by atoms with van der Waals surface area (Å²) in [5.74, 6) is 1.89. The van der Waals surface area contributed by atoms with E-state index in [-0.39, 0.29) is 9.89 Å². The normalized spacial score (nSPS) is 28.3. The number of fused-ring (bicyclic) bond motifs is 2. The molecule has 4 atom stereocenters. The molecule has 0 N–H and O–H groups in total. The lowest BCUT2D eigenvalue weighted by molar-refractivity contribution is -0.142. The number of esters is 1. The second-order valence-corrected chi connectivity index (χ2v) is 8.70. The molecule has 2 aliphatic carbocycles. The minimum Gasteiger partial charge on any atom is -0.465 e. The van der Waals surface area contributed by atoms with Crippen molar-refractivity contribution < 1.29 is 9.53 Å². The van der Waals surface area contributed by atoms with E-state index < -0.39 is 0 Å². The van der Waals surface area contributed by atoms with Gasteiger partial charge in [0, 0.05) is 6.04 Å². The number of aromatic nitrogens is 3. The first-order chi connectivity index (χ1) is 10.5. The van der Waals surface area contributed by atoms with Crippen LogP contribution in [0.25, 0.3) is 0 Å². The van der Waals surface area contributed by atoms with E-state index in [0.29, 0.717) is 30.4 Å². The van der Waals surface area contributed by atoms with Gasteiger partial charge in [0.15, 0.2) is 0 Å². The van der Waals surface area contributed by atoms with Gasteiger partial charge >= 0.3 is 5.97 Å². The zero-order valence-electron chi connectivity index (χ0n) is 13.5. The van der Waals surface area contributed by atoms with Crippen LogP contribution in [-0.2, 0) is 22.4 Å². The molecule has 4 unspecified atom stereocenters. The summed E-state index contributed by atoms with van der Waals surface area (Å²) in [7, 11) is 0. The molecule has 0 radical (unpaired) electrons. The van der Waals surface area contributed by atoms with Crippen molar-refractivity contribution >= 4 is 28.6 Å². The number of ether oxygens (including phenoxy) is 1. The van der Waals surface area contributed by atoms with Crippen molar-refractivity contribution in [2.45, 2.75) is 56.4 Å². The molecule has 5 nitrogen and oxygen atoms in total. The van der Waals surface area contributed by atoms with Gasteiger partial charge in [0.2, 0.25) is 0 Å². The van der Waals surface area contributed by atoms with Gasteiger partial charge in [0.05, 0.1) is 18.0 Å². The Labute approximate surface area is 145 Å². The Morgan fingerprint density at radius 2 is 2.00 bits per heavy atom. The SMILES string of the molecule is CC(I)C(=O)OCC1C2CCc3nnn(C(C)C)c3CCC21. The fraction of sp³-hybridized carbons (Fsp3) is 0.812. The molecule has 1 saturated carbocycles. The van der Waals surface area contributed by atoms with Crippen LogP contribution < -0.4 is 0 Å².